The van der Waals surface area contributed by atoms with Crippen molar-refractivity contribution >= 4 is 33.3 Å². The Morgan fingerprint density at radius 3 is 3.00 bits per heavy atom. The van der Waals surface area contributed by atoms with Crippen LogP contribution in [0.5, 0.6) is 0 Å². The van der Waals surface area contributed by atoms with E-state index in [1.807, 2.05) is 0 Å². The zero-order chi connectivity index (χ0) is 14.2. The van der Waals surface area contributed by atoms with Crippen molar-refractivity contribution in [2.45, 2.75) is 33.6 Å². The molecule has 1 fully saturated rings. The molecule has 0 bridgehead atoms. The second-order valence-electron chi connectivity index (χ2n) is 6.23. The van der Waals surface area contributed by atoms with Crippen LogP contribution in [0.3, 0.4) is 0 Å². The highest BCUT2D eigenvalue weighted by atomic mass is 32.1. The predicted octanol–water partition coefficient (Wildman–Crippen LogP) is 3.75. The van der Waals surface area contributed by atoms with Gasteiger partial charge in [-0.2, -0.15) is 4.98 Å². The van der Waals surface area contributed by atoms with Crippen LogP contribution in [-0.2, 0) is 0 Å². The summed E-state index contributed by atoms with van der Waals surface area (Å²) in [7, 11) is 0. The summed E-state index contributed by atoms with van der Waals surface area (Å²) in [6, 6.07) is 2.15. The lowest BCUT2D eigenvalue weighted by atomic mass is 9.84. The number of hydrogen-bond acceptors (Lipinski definition) is 5. The Balaban J connectivity index is 2.02. The van der Waals surface area contributed by atoms with Crippen molar-refractivity contribution in [2.24, 2.45) is 5.41 Å². The molecule has 2 aromatic rings. The van der Waals surface area contributed by atoms with Gasteiger partial charge in [0.15, 0.2) is 0 Å². The zero-order valence-electron chi connectivity index (χ0n) is 12.4. The third-order valence-electron chi connectivity index (χ3n) is 3.84. The van der Waals surface area contributed by atoms with Crippen LogP contribution in [0.1, 0.15) is 33.6 Å². The first kappa shape index (κ1) is 13.6. The van der Waals surface area contributed by atoms with Crippen LogP contribution in [0.2, 0.25) is 0 Å². The molecule has 0 aliphatic carbocycles. The fraction of sp³-hybridized carbons (Fsp3) is 0.600. The third-order valence-corrected chi connectivity index (χ3v) is 4.65. The Morgan fingerprint density at radius 2 is 2.25 bits per heavy atom. The quantitative estimate of drug-likeness (QED) is 0.934. The van der Waals surface area contributed by atoms with Gasteiger partial charge in [0.25, 0.3) is 0 Å². The molecular weight excluding hydrogens is 268 g/mol. The Kier molecular flexibility index (Phi) is 3.54. The van der Waals surface area contributed by atoms with Gasteiger partial charge in [-0.25, -0.2) is 4.98 Å². The normalized spacial score (nSPS) is 18.4. The summed E-state index contributed by atoms with van der Waals surface area (Å²) in [5, 5.41) is 6.54. The molecule has 1 N–H and O–H groups in total. The molecule has 0 spiro atoms. The Bertz CT molecular complexity index is 605. The Hall–Kier alpha value is -1.36. The molecule has 3 heterocycles. The fourth-order valence-electron chi connectivity index (χ4n) is 2.92. The van der Waals surface area contributed by atoms with Crippen molar-refractivity contribution in [3.8, 4) is 0 Å². The number of hydrogen-bond donors (Lipinski definition) is 1. The standard InChI is InChI=1S/C15H22N4S/c1-4-16-14-17-12(11-6-9-20-13(11)18-14)19-8-5-7-15(2,3)10-19/h6,9H,4-5,7-8,10H2,1-3H3,(H,16,17,18). The highest BCUT2D eigenvalue weighted by Crippen LogP contribution is 2.35. The van der Waals surface area contributed by atoms with Crippen molar-refractivity contribution in [1.29, 1.82) is 0 Å². The summed E-state index contributed by atoms with van der Waals surface area (Å²) in [5.74, 6) is 1.85. The molecule has 0 unspecified atom stereocenters. The molecule has 108 valence electrons. The van der Waals surface area contributed by atoms with E-state index >= 15 is 0 Å². The molecule has 3 rings (SSSR count). The second-order valence-corrected chi connectivity index (χ2v) is 7.12. The van der Waals surface area contributed by atoms with E-state index in [9.17, 15) is 0 Å². The van der Waals surface area contributed by atoms with Gasteiger partial charge in [0, 0.05) is 19.6 Å². The van der Waals surface area contributed by atoms with E-state index in [-0.39, 0.29) is 0 Å². The minimum absolute atomic E-state index is 0.365. The minimum Gasteiger partial charge on any atom is -0.355 e. The maximum Gasteiger partial charge on any atom is 0.226 e. The molecule has 20 heavy (non-hydrogen) atoms. The molecule has 5 heteroatoms. The molecule has 0 saturated carbocycles. The van der Waals surface area contributed by atoms with E-state index in [1.165, 1.54) is 18.2 Å². The van der Waals surface area contributed by atoms with Crippen molar-refractivity contribution < 1.29 is 0 Å². The molecule has 4 nitrogen and oxygen atoms in total. The number of nitrogens with zero attached hydrogens (tertiary/aromatic N) is 3. The van der Waals surface area contributed by atoms with Crippen LogP contribution in [0.15, 0.2) is 11.4 Å². The Labute approximate surface area is 124 Å². The van der Waals surface area contributed by atoms with Crippen LogP contribution >= 0.6 is 11.3 Å². The van der Waals surface area contributed by atoms with E-state index in [4.69, 9.17) is 4.98 Å². The monoisotopic (exact) mass is 290 g/mol. The van der Waals surface area contributed by atoms with E-state index in [0.717, 1.165) is 36.2 Å². The summed E-state index contributed by atoms with van der Waals surface area (Å²) in [4.78, 5) is 12.9. The minimum atomic E-state index is 0.365. The molecule has 0 atom stereocenters. The van der Waals surface area contributed by atoms with Gasteiger partial charge in [0.1, 0.15) is 10.6 Å². The molecule has 0 radical (unpaired) electrons. The lowest BCUT2D eigenvalue weighted by Gasteiger charge is -2.39. The smallest absolute Gasteiger partial charge is 0.226 e. The van der Waals surface area contributed by atoms with Gasteiger partial charge in [0.2, 0.25) is 5.95 Å². The number of piperidine rings is 1. The van der Waals surface area contributed by atoms with E-state index < -0.39 is 0 Å². The first-order chi connectivity index (χ1) is 9.59. The predicted molar refractivity (Wildman–Crippen MR) is 86.8 cm³/mol. The lowest BCUT2D eigenvalue weighted by Crippen LogP contribution is -2.40. The third kappa shape index (κ3) is 2.59. The molecule has 0 amide bonds. The zero-order valence-corrected chi connectivity index (χ0v) is 13.3. The van der Waals surface area contributed by atoms with Gasteiger partial charge in [-0.1, -0.05) is 13.8 Å². The van der Waals surface area contributed by atoms with Crippen LogP contribution in [0.25, 0.3) is 10.2 Å². The molecule has 1 aliphatic rings. The summed E-state index contributed by atoms with van der Waals surface area (Å²) in [6.07, 6.45) is 2.53. The summed E-state index contributed by atoms with van der Waals surface area (Å²) < 4.78 is 0. The van der Waals surface area contributed by atoms with E-state index in [2.05, 4.69) is 47.4 Å². The summed E-state index contributed by atoms with van der Waals surface area (Å²) >= 11 is 1.69. The maximum absolute atomic E-state index is 4.76. The van der Waals surface area contributed by atoms with Crippen molar-refractivity contribution in [3.05, 3.63) is 11.4 Å². The fourth-order valence-corrected chi connectivity index (χ4v) is 3.68. The van der Waals surface area contributed by atoms with E-state index in [0.29, 0.717) is 5.41 Å². The summed E-state index contributed by atoms with van der Waals surface area (Å²) in [6.45, 7) is 9.78. The topological polar surface area (TPSA) is 41.1 Å². The molecule has 2 aromatic heterocycles. The summed E-state index contributed by atoms with van der Waals surface area (Å²) in [5.41, 5.74) is 0.365. The maximum atomic E-state index is 4.76. The highest BCUT2D eigenvalue weighted by molar-refractivity contribution is 7.16. The van der Waals surface area contributed by atoms with Crippen molar-refractivity contribution in [3.63, 3.8) is 0 Å². The highest BCUT2D eigenvalue weighted by Gasteiger charge is 2.28. The molecular formula is C15H22N4S. The van der Waals surface area contributed by atoms with Crippen LogP contribution in [0.4, 0.5) is 11.8 Å². The van der Waals surface area contributed by atoms with Crippen LogP contribution < -0.4 is 10.2 Å². The van der Waals surface area contributed by atoms with Gasteiger partial charge in [-0.3, -0.25) is 0 Å². The number of rotatable bonds is 3. The van der Waals surface area contributed by atoms with Gasteiger partial charge < -0.3 is 10.2 Å². The van der Waals surface area contributed by atoms with Gasteiger partial charge in [-0.05, 0) is 36.6 Å². The van der Waals surface area contributed by atoms with Crippen molar-refractivity contribution in [2.75, 3.05) is 29.9 Å². The van der Waals surface area contributed by atoms with E-state index in [1.54, 1.807) is 11.3 Å². The number of thiophene rings is 1. The van der Waals surface area contributed by atoms with Crippen molar-refractivity contribution in [1.82, 2.24) is 9.97 Å². The molecule has 0 aromatic carbocycles. The average Bonchev–Trinajstić information content (AvgIpc) is 2.85. The first-order valence-corrected chi connectivity index (χ1v) is 8.21. The molecule has 1 saturated heterocycles. The Morgan fingerprint density at radius 1 is 1.40 bits per heavy atom. The van der Waals surface area contributed by atoms with Crippen LogP contribution in [-0.4, -0.2) is 29.6 Å². The number of fused-ring (bicyclic) bond motifs is 1. The number of nitrogens with one attached hydrogen (secondary N) is 1. The number of aromatic nitrogens is 2. The number of anilines is 2. The van der Waals surface area contributed by atoms with Gasteiger partial charge in [-0.15, -0.1) is 11.3 Å². The van der Waals surface area contributed by atoms with Gasteiger partial charge in [0.05, 0.1) is 5.39 Å². The second kappa shape index (κ2) is 5.20. The van der Waals surface area contributed by atoms with Gasteiger partial charge >= 0.3 is 0 Å². The lowest BCUT2D eigenvalue weighted by molar-refractivity contribution is 0.292. The molecule has 1 aliphatic heterocycles. The average molecular weight is 290 g/mol. The van der Waals surface area contributed by atoms with Crippen LogP contribution in [0, 0.1) is 5.41 Å². The SMILES string of the molecule is CCNc1nc(N2CCCC(C)(C)C2)c2ccsc2n1. The largest absolute Gasteiger partial charge is 0.355 e. The first-order valence-electron chi connectivity index (χ1n) is 7.33.